The van der Waals surface area contributed by atoms with Gasteiger partial charge in [0.25, 0.3) is 6.10 Å². The molecule has 0 atom stereocenters. The largest absolute Gasteiger partial charge is 0.933 e. The van der Waals surface area contributed by atoms with Crippen molar-refractivity contribution < 1.29 is 49.0 Å². The summed E-state index contributed by atoms with van der Waals surface area (Å²) in [5.41, 5.74) is 1.82. The van der Waals surface area contributed by atoms with Crippen LogP contribution in [0.3, 0.4) is 0 Å². The molecule has 1 aliphatic heterocycles. The van der Waals surface area contributed by atoms with Crippen LogP contribution in [-0.2, 0) is 4.74 Å². The standard InChI is InChI=1S/C21H23BF8N3O2/c1-3-7-33(22(29)30)13(2)15(16-5-4-6-31-16)8-14-9-19(10-14)11-32(12-19)18(34)35-17(20(23,24)25)21(26,27)28/h4-8,17,31H,3,9-12H2,1-2H3/q+1/b15-13-,33-7+. The zero-order valence-corrected chi connectivity index (χ0v) is 18.8. The number of allylic oxidation sites excluding steroid dienone is 4. The van der Waals surface area contributed by atoms with E-state index in [0.29, 0.717) is 36.2 Å². The van der Waals surface area contributed by atoms with E-state index in [1.807, 2.05) is 0 Å². The summed E-state index contributed by atoms with van der Waals surface area (Å²) < 4.78 is 107. The number of aromatic amines is 1. The van der Waals surface area contributed by atoms with Gasteiger partial charge in [0, 0.05) is 38.0 Å². The van der Waals surface area contributed by atoms with Gasteiger partial charge in [0.1, 0.15) is 6.21 Å². The number of hydrogen-bond acceptors (Lipinski definition) is 2. The van der Waals surface area contributed by atoms with Gasteiger partial charge >= 0.3 is 25.8 Å². The molecule has 2 heterocycles. The fourth-order valence-electron chi connectivity index (χ4n) is 4.40. The molecular weight excluding hydrogens is 489 g/mol. The number of carbonyl (C=O) groups excluding carboxylic acids is 1. The van der Waals surface area contributed by atoms with E-state index in [9.17, 15) is 39.8 Å². The van der Waals surface area contributed by atoms with Gasteiger partial charge in [-0.2, -0.15) is 26.3 Å². The molecule has 192 valence electrons. The molecule has 0 radical (unpaired) electrons. The highest BCUT2D eigenvalue weighted by molar-refractivity contribution is 6.33. The number of amides is 1. The van der Waals surface area contributed by atoms with Crippen LogP contribution in [0.2, 0.25) is 0 Å². The van der Waals surface area contributed by atoms with Crippen LogP contribution >= 0.6 is 0 Å². The summed E-state index contributed by atoms with van der Waals surface area (Å²) in [6.07, 6.45) is -11.4. The maximum atomic E-state index is 13.6. The van der Waals surface area contributed by atoms with E-state index < -0.39 is 37.4 Å². The molecular formula is C21H23BF8N3O2+. The number of hydrogen-bond donors (Lipinski definition) is 1. The lowest BCUT2D eigenvalue weighted by atomic mass is 9.60. The molecule has 1 aromatic heterocycles. The van der Waals surface area contributed by atoms with Crippen LogP contribution in [0, 0.1) is 5.41 Å². The van der Waals surface area contributed by atoms with Crippen molar-refractivity contribution in [3.63, 3.8) is 0 Å². The Hall–Kier alpha value is -2.80. The van der Waals surface area contributed by atoms with Gasteiger partial charge in [0.2, 0.25) is 0 Å². The molecule has 3 rings (SSSR count). The third-order valence-electron chi connectivity index (χ3n) is 5.93. The van der Waals surface area contributed by atoms with Gasteiger partial charge < -0.3 is 14.6 Å². The molecule has 1 aliphatic carbocycles. The van der Waals surface area contributed by atoms with Crippen molar-refractivity contribution in [1.82, 2.24) is 9.88 Å². The quantitative estimate of drug-likeness (QED) is 0.297. The molecule has 0 bridgehead atoms. The summed E-state index contributed by atoms with van der Waals surface area (Å²) in [7, 11) is -2.76. The number of halogens is 8. The third-order valence-corrected chi connectivity index (χ3v) is 5.93. The number of H-pyrrole nitrogens is 1. The summed E-state index contributed by atoms with van der Waals surface area (Å²) in [5.74, 6) is 0. The molecule has 1 aromatic rings. The number of nitrogens with one attached hydrogen (secondary N) is 1. The van der Waals surface area contributed by atoms with Crippen LogP contribution in [0.15, 0.2) is 35.7 Å². The monoisotopic (exact) mass is 512 g/mol. The molecule has 1 saturated carbocycles. The number of nitrogens with zero attached hydrogens (tertiary/aromatic N) is 2. The number of carbonyl (C=O) groups is 1. The first-order valence-electron chi connectivity index (χ1n) is 10.7. The fourth-order valence-corrected chi connectivity index (χ4v) is 4.40. The Bertz CT molecular complexity index is 998. The Balaban J connectivity index is 1.69. The minimum atomic E-state index is -5.78. The summed E-state index contributed by atoms with van der Waals surface area (Å²) >= 11 is 0. The second kappa shape index (κ2) is 9.69. The van der Waals surface area contributed by atoms with Crippen LogP contribution in [0.1, 0.15) is 38.8 Å². The van der Waals surface area contributed by atoms with E-state index in [0.717, 1.165) is 15.0 Å². The average molecular weight is 512 g/mol. The first-order valence-corrected chi connectivity index (χ1v) is 10.7. The summed E-state index contributed by atoms with van der Waals surface area (Å²) in [5, 5.41) is 0. The van der Waals surface area contributed by atoms with Crippen molar-refractivity contribution in [3.8, 4) is 0 Å². The highest BCUT2D eigenvalue weighted by Gasteiger charge is 2.61. The molecule has 0 aromatic carbocycles. The lowest BCUT2D eigenvalue weighted by molar-refractivity contribution is -0.347. The zero-order chi connectivity index (χ0) is 26.2. The molecule has 1 N–H and O–H groups in total. The fraction of sp³-hybridized carbons (Fsp3) is 0.524. The number of likely N-dealkylation sites (tertiary alicyclic amines) is 1. The topological polar surface area (TPSA) is 48.3 Å². The van der Waals surface area contributed by atoms with Crippen molar-refractivity contribution in [3.05, 3.63) is 41.4 Å². The normalized spacial score (nSPS) is 18.8. The summed E-state index contributed by atoms with van der Waals surface area (Å²) in [4.78, 5) is 15.6. The van der Waals surface area contributed by atoms with Crippen molar-refractivity contribution in [2.24, 2.45) is 5.41 Å². The molecule has 0 unspecified atom stereocenters. The Kier molecular flexibility index (Phi) is 7.42. The van der Waals surface area contributed by atoms with E-state index >= 15 is 0 Å². The predicted octanol–water partition coefficient (Wildman–Crippen LogP) is 5.81. The van der Waals surface area contributed by atoms with Crippen LogP contribution < -0.4 is 0 Å². The molecule has 2 aliphatic rings. The third kappa shape index (κ3) is 5.89. The maximum absolute atomic E-state index is 13.6. The predicted molar refractivity (Wildman–Crippen MR) is 112 cm³/mol. The van der Waals surface area contributed by atoms with Crippen molar-refractivity contribution in [2.75, 3.05) is 13.1 Å². The van der Waals surface area contributed by atoms with E-state index in [1.54, 1.807) is 38.3 Å². The first kappa shape index (κ1) is 26.8. The van der Waals surface area contributed by atoms with E-state index in [2.05, 4.69) is 9.72 Å². The SMILES string of the molecule is CC/C=[N+](B(F)F)\C(C)=C(\C=C1CC2(C1)CN(C(=O)OC(C(F)(F)F)C(F)(F)F)C2)c1ccc[nH]1. The van der Waals surface area contributed by atoms with E-state index in [4.69, 9.17) is 0 Å². The zero-order valence-electron chi connectivity index (χ0n) is 18.8. The molecule has 5 nitrogen and oxygen atoms in total. The minimum Gasteiger partial charge on any atom is -0.426 e. The highest BCUT2D eigenvalue weighted by Crippen LogP contribution is 2.52. The Morgan fingerprint density at radius 3 is 2.29 bits per heavy atom. The summed E-state index contributed by atoms with van der Waals surface area (Å²) in [6.45, 7) is 3.17. The molecule has 1 saturated heterocycles. The van der Waals surface area contributed by atoms with Crippen LogP contribution in [0.5, 0.6) is 0 Å². The number of aromatic nitrogens is 1. The molecule has 2 fully saturated rings. The number of ether oxygens (including phenoxy) is 1. The van der Waals surface area contributed by atoms with Crippen LogP contribution in [-0.4, -0.2) is 65.6 Å². The van der Waals surface area contributed by atoms with Crippen molar-refractivity contribution in [2.45, 2.75) is 51.6 Å². The molecule has 35 heavy (non-hydrogen) atoms. The maximum Gasteiger partial charge on any atom is 0.933 e. The highest BCUT2D eigenvalue weighted by atomic mass is 19.4. The van der Waals surface area contributed by atoms with Gasteiger partial charge in [-0.3, -0.25) is 0 Å². The van der Waals surface area contributed by atoms with Crippen molar-refractivity contribution >= 4 is 25.3 Å². The first-order chi connectivity index (χ1) is 16.2. The lowest BCUT2D eigenvalue weighted by Crippen LogP contribution is -2.63. The number of alkyl halides is 6. The van der Waals surface area contributed by atoms with Gasteiger partial charge in [0.15, 0.2) is 5.70 Å². The smallest absolute Gasteiger partial charge is 0.426 e. The second-order valence-corrected chi connectivity index (χ2v) is 8.72. The van der Waals surface area contributed by atoms with Gasteiger partial charge in [-0.15, -0.1) is 0 Å². The van der Waals surface area contributed by atoms with Gasteiger partial charge in [-0.05, 0) is 31.1 Å². The Labute approximate surface area is 196 Å². The molecule has 1 amide bonds. The molecule has 1 spiro atoms. The van der Waals surface area contributed by atoms with E-state index in [1.165, 1.54) is 6.21 Å². The lowest BCUT2D eigenvalue weighted by Gasteiger charge is -2.56. The minimum absolute atomic E-state index is 0.0566. The summed E-state index contributed by atoms with van der Waals surface area (Å²) in [6, 6.07) is 3.43. The number of rotatable bonds is 6. The Morgan fingerprint density at radius 2 is 1.83 bits per heavy atom. The van der Waals surface area contributed by atoms with Crippen LogP contribution in [0.4, 0.5) is 39.8 Å². The van der Waals surface area contributed by atoms with Crippen LogP contribution in [0.25, 0.3) is 5.57 Å². The van der Waals surface area contributed by atoms with Crippen molar-refractivity contribution in [1.29, 1.82) is 0 Å². The van der Waals surface area contributed by atoms with Gasteiger partial charge in [-0.1, -0.05) is 12.5 Å². The second-order valence-electron chi connectivity index (χ2n) is 8.72. The van der Waals surface area contributed by atoms with E-state index in [-0.39, 0.29) is 13.1 Å². The average Bonchev–Trinajstić information content (AvgIpc) is 3.19. The Morgan fingerprint density at radius 1 is 1.23 bits per heavy atom. The van der Waals surface area contributed by atoms with Gasteiger partial charge in [-0.25, -0.2) is 17.9 Å². The van der Waals surface area contributed by atoms with Gasteiger partial charge in [0.05, 0.1) is 11.3 Å². The molecule has 14 heteroatoms.